The van der Waals surface area contributed by atoms with Crippen LogP contribution in [0.15, 0.2) is 0 Å². The molecule has 0 unspecified atom stereocenters. The zero-order valence-electron chi connectivity index (χ0n) is 13.5. The Hall–Kier alpha value is 0.680. The van der Waals surface area contributed by atoms with E-state index in [1.165, 1.54) is 0 Å². The van der Waals surface area contributed by atoms with Crippen LogP contribution in [0.25, 0.3) is 0 Å². The van der Waals surface area contributed by atoms with Crippen LogP contribution >= 0.6 is 5.69 Å². The summed E-state index contributed by atoms with van der Waals surface area (Å²) >= 11 is 7.28. The minimum Gasteiger partial charge on any atom is -0.850 e. The molecule has 0 aliphatic carbocycles. The van der Waals surface area contributed by atoms with E-state index in [9.17, 15) is 9.79 Å². The Morgan fingerprint density at radius 1 is 0.652 bits per heavy atom. The predicted octanol–water partition coefficient (Wildman–Crippen LogP) is -5.78. The number of nitrogens with two attached hydrogens (primary N) is 3. The fourth-order valence-corrected chi connectivity index (χ4v) is 1.74. The van der Waals surface area contributed by atoms with Crippen LogP contribution in [0.5, 0.6) is 0 Å². The summed E-state index contributed by atoms with van der Waals surface area (Å²) in [4.78, 5) is 18.6. The van der Waals surface area contributed by atoms with Crippen molar-refractivity contribution < 1.29 is 39.9 Å². The molecule has 0 aromatic heterocycles. The minimum absolute atomic E-state index is 0.944. The largest absolute Gasteiger partial charge is 0.850 e. The molecule has 11 heteroatoms. The first-order valence-electron chi connectivity index (χ1n) is 7.91. The lowest BCUT2D eigenvalue weighted by molar-refractivity contribution is -0.670. The van der Waals surface area contributed by atoms with Gasteiger partial charge in [-0.25, -0.2) is 0 Å². The molecule has 23 heavy (non-hydrogen) atoms. The molecule has 6 N–H and O–H groups in total. The summed E-state index contributed by atoms with van der Waals surface area (Å²) in [6.07, 6.45) is 0. The third kappa shape index (κ3) is 27.8. The topological polar surface area (TPSA) is 124 Å². The smallest absolute Gasteiger partial charge is 0.0993 e. The van der Waals surface area contributed by atoms with E-state index >= 15 is 0 Å². The normalized spacial score (nSPS) is 21.3. The number of hydrogen-bond acceptors (Lipinski definition) is 7. The molecule has 3 heterocycles. The Kier molecular flexibility index (Phi) is 18.0. The summed E-state index contributed by atoms with van der Waals surface area (Å²) in [7, 11) is 0. The number of rotatable bonds is 0. The fourth-order valence-electron chi connectivity index (χ4n) is 1.74. The van der Waals surface area contributed by atoms with Gasteiger partial charge in [-0.3, -0.25) is 0 Å². The number of morpholine rings is 3. The second kappa shape index (κ2) is 17.5. The maximum atomic E-state index is 9.29. The Bertz CT molecular complexity index is 217. The van der Waals surface area contributed by atoms with Crippen molar-refractivity contribution in [2.75, 3.05) is 78.9 Å². The third-order valence-electron chi connectivity index (χ3n) is 2.80. The van der Waals surface area contributed by atoms with Crippen LogP contribution in [-0.2, 0) is 38.3 Å². The molecule has 0 aromatic carbocycles. The summed E-state index contributed by atoms with van der Waals surface area (Å²) < 4.78 is 15.1. The molecule has 3 fully saturated rings. The first-order chi connectivity index (χ1) is 11.0. The van der Waals surface area contributed by atoms with Crippen molar-refractivity contribution in [3.05, 3.63) is 0 Å². The van der Waals surface area contributed by atoms with Gasteiger partial charge in [0.1, 0.15) is 0 Å². The summed E-state index contributed by atoms with van der Waals surface area (Å²) in [5.74, 6) is 0. The molecule has 0 bridgehead atoms. The van der Waals surface area contributed by atoms with Gasteiger partial charge in [-0.05, 0) is 0 Å². The van der Waals surface area contributed by atoms with Gasteiger partial charge in [0.25, 0.3) is 0 Å². The van der Waals surface area contributed by atoms with Crippen LogP contribution in [0.3, 0.4) is 0 Å². The highest BCUT2D eigenvalue weighted by atomic mass is 32.9. The van der Waals surface area contributed by atoms with E-state index in [1.807, 2.05) is 0 Å². The van der Waals surface area contributed by atoms with Crippen LogP contribution < -0.4 is 25.7 Å². The summed E-state index contributed by atoms with van der Waals surface area (Å²) in [5.41, 5.74) is -3.72. The van der Waals surface area contributed by atoms with E-state index in [2.05, 4.69) is 40.0 Å². The maximum absolute atomic E-state index is 9.29. The predicted molar refractivity (Wildman–Crippen MR) is 89.1 cm³/mol. The van der Waals surface area contributed by atoms with Crippen LogP contribution in [-0.4, -0.2) is 78.9 Å². The number of quaternary nitrogens is 3. The maximum Gasteiger partial charge on any atom is 0.0993 e. The molecule has 0 aromatic rings. The van der Waals surface area contributed by atoms with Crippen LogP contribution in [0.1, 0.15) is 0 Å². The van der Waals surface area contributed by atoms with Gasteiger partial charge in [-0.2, -0.15) is 11.8 Å². The van der Waals surface area contributed by atoms with Gasteiger partial charge in [0.2, 0.25) is 0 Å². The Morgan fingerprint density at radius 2 is 0.826 bits per heavy atom. The van der Waals surface area contributed by atoms with E-state index in [0.29, 0.717) is 0 Å². The first kappa shape index (κ1) is 23.7. The van der Waals surface area contributed by atoms with Crippen molar-refractivity contribution in [1.29, 1.82) is 0 Å². The molecule has 3 rings (SSSR count). The van der Waals surface area contributed by atoms with Crippen molar-refractivity contribution in [2.24, 2.45) is 0 Å². The van der Waals surface area contributed by atoms with Gasteiger partial charge in [0.15, 0.2) is 0 Å². The Labute approximate surface area is 149 Å². The zero-order chi connectivity index (χ0) is 17.2. The highest BCUT2D eigenvalue weighted by molar-refractivity contribution is 8.49. The van der Waals surface area contributed by atoms with Gasteiger partial charge in [0, 0.05) is 0 Å². The summed E-state index contributed by atoms with van der Waals surface area (Å²) in [6.45, 7) is 12.6. The summed E-state index contributed by atoms with van der Waals surface area (Å²) in [5, 5.41) is 6.80. The molecular weight excluding hydrogens is 361 g/mol. The lowest BCUT2D eigenvalue weighted by Crippen LogP contribution is -2.87. The van der Waals surface area contributed by atoms with E-state index in [0.717, 1.165) is 78.9 Å². The van der Waals surface area contributed by atoms with Gasteiger partial charge < -0.3 is 57.9 Å². The van der Waals surface area contributed by atoms with Gasteiger partial charge in [0.05, 0.1) is 78.9 Å². The molecule has 140 valence electrons. The van der Waals surface area contributed by atoms with Crippen molar-refractivity contribution in [2.45, 2.75) is 0 Å². The molecule has 0 spiro atoms. The Morgan fingerprint density at radius 3 is 0.870 bits per heavy atom. The molecule has 3 aliphatic rings. The van der Waals surface area contributed by atoms with Crippen molar-refractivity contribution in [3.8, 4) is 0 Å². The SMILES string of the molecule is C1COCC[NH2+]1.C1COCC[NH2+]1.C1COCC[NH2+]1.[O-]P([O-])(=S)[S-]. The van der Waals surface area contributed by atoms with Gasteiger partial charge >= 0.3 is 0 Å². The highest BCUT2D eigenvalue weighted by Gasteiger charge is 1.98. The first-order valence-corrected chi connectivity index (χ1v) is 11.6. The molecular formula is C12H30N3O5PS2. The average Bonchev–Trinajstić information content (AvgIpc) is 2.59. The second-order valence-electron chi connectivity index (χ2n) is 4.88. The van der Waals surface area contributed by atoms with Crippen molar-refractivity contribution in [3.63, 3.8) is 0 Å². The van der Waals surface area contributed by atoms with E-state index < -0.39 is 5.69 Å². The van der Waals surface area contributed by atoms with Crippen LogP contribution in [0.4, 0.5) is 0 Å². The fraction of sp³-hybridized carbons (Fsp3) is 1.00. The molecule has 8 nitrogen and oxygen atoms in total. The molecule has 0 saturated carbocycles. The highest BCUT2D eigenvalue weighted by Crippen LogP contribution is 2.16. The van der Waals surface area contributed by atoms with Crippen LogP contribution in [0.2, 0.25) is 0 Å². The zero-order valence-corrected chi connectivity index (χ0v) is 16.0. The van der Waals surface area contributed by atoms with Gasteiger partial charge in [-0.15, -0.1) is 0 Å². The average molecular weight is 391 g/mol. The third-order valence-corrected chi connectivity index (χ3v) is 2.80. The standard InChI is InChI=1S/3C4H9NO.H3O2PS2/c3*1-3-6-4-2-5-1;1-3(2,4)5/h3*5H,1-4H2;(H3,1,2,4,5). The molecule has 0 amide bonds. The molecule has 0 atom stereocenters. The summed E-state index contributed by atoms with van der Waals surface area (Å²) in [6, 6.07) is 0. The monoisotopic (exact) mass is 391 g/mol. The number of hydrogen-bond donors (Lipinski definition) is 3. The molecule has 3 saturated heterocycles. The molecule has 0 radical (unpaired) electrons. The number of ether oxygens (including phenoxy) is 3. The lowest BCUT2D eigenvalue weighted by atomic mass is 10.5. The quantitative estimate of drug-likeness (QED) is 0.278. The van der Waals surface area contributed by atoms with Crippen molar-refractivity contribution >= 4 is 29.7 Å². The second-order valence-corrected chi connectivity index (χ2v) is 9.35. The van der Waals surface area contributed by atoms with E-state index in [-0.39, 0.29) is 0 Å². The van der Waals surface area contributed by atoms with Crippen LogP contribution in [0, 0.1) is 0 Å². The molecule has 3 aliphatic heterocycles. The lowest BCUT2D eigenvalue weighted by Gasteiger charge is -2.44. The van der Waals surface area contributed by atoms with E-state index in [1.54, 1.807) is 0 Å². The van der Waals surface area contributed by atoms with E-state index in [4.69, 9.17) is 14.2 Å². The van der Waals surface area contributed by atoms with Gasteiger partial charge in [-0.1, -0.05) is 0 Å². The Balaban J connectivity index is 0.000000282. The van der Waals surface area contributed by atoms with Crippen molar-refractivity contribution in [1.82, 2.24) is 0 Å². The minimum atomic E-state index is -3.72.